The average molecular weight is 1850 g/mol. The molecule has 0 spiro atoms. The third kappa shape index (κ3) is 21.8. The number of aromatic carboxylic acids is 1. The smallest absolute Gasteiger partial charge is 0.341 e. The number of rotatable bonds is 24. The molecule has 19 rings (SSSR count). The van der Waals surface area contributed by atoms with E-state index in [9.17, 15) is 29.1 Å². The molecular weight excluding hydrogens is 1740 g/mol. The number of nitrogens with one attached hydrogen (secondary N) is 5. The number of carbonyl (C=O) groups excluding carboxylic acids is 3. The van der Waals surface area contributed by atoms with E-state index in [-0.39, 0.29) is 37.8 Å². The topological polar surface area (TPSA) is 298 Å². The number of ether oxygens (including phenoxy) is 3. The highest BCUT2D eigenvalue weighted by molar-refractivity contribution is 7.99. The zero-order chi connectivity index (χ0) is 92.0. The predicted molar refractivity (Wildman–Crippen MR) is 536 cm³/mol. The molecule has 25 nitrogen and oxygen atoms in total. The first kappa shape index (κ1) is 92.2. The maximum atomic E-state index is 12.5. The Labute approximate surface area is 785 Å². The lowest BCUT2D eigenvalue weighted by molar-refractivity contribution is -0.116. The molecule has 2 atom stereocenters. The van der Waals surface area contributed by atoms with Crippen molar-refractivity contribution in [3.8, 4) is 23.1 Å². The molecule has 30 heteroatoms. The van der Waals surface area contributed by atoms with E-state index < -0.39 is 11.4 Å². The van der Waals surface area contributed by atoms with Crippen LogP contribution in [0.15, 0.2) is 245 Å². The second-order valence-electron chi connectivity index (χ2n) is 32.6. The largest absolute Gasteiger partial charge is 0.497 e. The summed E-state index contributed by atoms with van der Waals surface area (Å²) in [5, 5.41) is 29.5. The van der Waals surface area contributed by atoms with Crippen LogP contribution >= 0.6 is 58.9 Å². The summed E-state index contributed by atoms with van der Waals surface area (Å²) < 4.78 is 21.2. The van der Waals surface area contributed by atoms with Crippen molar-refractivity contribution >= 4 is 164 Å². The number of methoxy groups -OCH3 is 2. The normalized spacial score (nSPS) is 13.8. The first-order valence-electron chi connectivity index (χ1n) is 43.3. The summed E-state index contributed by atoms with van der Waals surface area (Å²) in [7, 11) is 4.95. The van der Waals surface area contributed by atoms with Crippen LogP contribution in [0.3, 0.4) is 0 Å². The number of thiocarbonyl (C=S) groups is 2. The van der Waals surface area contributed by atoms with E-state index in [0.29, 0.717) is 102 Å². The Hall–Kier alpha value is -13.5. The molecule has 2 fully saturated rings. The van der Waals surface area contributed by atoms with Gasteiger partial charge in [0.2, 0.25) is 23.2 Å². The van der Waals surface area contributed by atoms with Crippen LogP contribution in [-0.4, -0.2) is 158 Å². The predicted octanol–water partition coefficient (Wildman–Crippen LogP) is 20.5. The van der Waals surface area contributed by atoms with E-state index in [1.54, 1.807) is 61.1 Å². The lowest BCUT2D eigenvalue weighted by Gasteiger charge is -2.36. The number of nitrogens with zero attached hydrogens (tertiary/aromatic N) is 11. The summed E-state index contributed by atoms with van der Waals surface area (Å²) in [5.41, 5.74) is 14.5. The maximum absolute atomic E-state index is 12.5. The van der Waals surface area contributed by atoms with Gasteiger partial charge in [-0.15, -0.1) is 22.7 Å². The van der Waals surface area contributed by atoms with E-state index in [1.807, 2.05) is 126 Å². The minimum atomic E-state index is -1.27. The number of carbonyl (C=O) groups is 4. The number of piperazine rings is 1. The molecule has 6 N–H and O–H groups in total. The fourth-order valence-corrected chi connectivity index (χ4v) is 19.8. The monoisotopic (exact) mass is 1850 g/mol. The van der Waals surface area contributed by atoms with Crippen molar-refractivity contribution in [2.45, 2.75) is 109 Å². The summed E-state index contributed by atoms with van der Waals surface area (Å²) in [6.07, 6.45) is 9.65. The van der Waals surface area contributed by atoms with Gasteiger partial charge in [0, 0.05) is 140 Å². The van der Waals surface area contributed by atoms with Gasteiger partial charge in [0.05, 0.1) is 87.4 Å². The Morgan fingerprint density at radius 3 is 2.16 bits per heavy atom. The van der Waals surface area contributed by atoms with Crippen LogP contribution in [0.1, 0.15) is 123 Å². The second-order valence-corrected chi connectivity index (χ2v) is 36.7. The number of fused-ring (bicyclic) bond motifs is 8. The number of hydrogen-bond donors (Lipinski definition) is 6. The number of para-hydroxylation sites is 5. The highest BCUT2D eigenvalue weighted by Crippen LogP contribution is 2.70. The van der Waals surface area contributed by atoms with E-state index >= 15 is 0 Å². The SMILES string of the molecule is CCn1cc(C(=O)O)c(=O)c2cnc(N3CCN(C(=S)CC(=O)c4ccccc4)CC3)nc21.CNC(=O)c1cc2c(Sc3ccc(C)cc3)cncc2s1.COc1ccc(OC)c(NC(=S)N(CCc2c(C)[nH]c3ccccc23)Cc2cccs2)c1.Cc1nn(-c2cc(C)c3ccccc3n2)c2c1C1C(C2)C1(C)C.O=C(CCCOc1ccccc1)Nc1nc2ccccc2[nH]1.[HH].[HH]. The van der Waals surface area contributed by atoms with Gasteiger partial charge >= 0.3 is 5.97 Å². The molecule has 1 saturated carbocycles. The molecule has 10 heterocycles. The van der Waals surface area contributed by atoms with Crippen LogP contribution in [-0.2, 0) is 30.7 Å². The van der Waals surface area contributed by atoms with Crippen molar-refractivity contribution in [1.82, 2.24) is 64.4 Å². The van der Waals surface area contributed by atoms with Crippen LogP contribution in [0.4, 0.5) is 17.6 Å². The highest BCUT2D eigenvalue weighted by atomic mass is 32.2. The van der Waals surface area contributed by atoms with Gasteiger partial charge in [-0.3, -0.25) is 29.5 Å². The number of Topliss-reactive ketones (excluding diaryl/α,β-unsaturated/α-hetero) is 1. The zero-order valence-electron chi connectivity index (χ0n) is 74.5. The number of amides is 2. The number of carboxylic acid groups (broad SMARTS) is 1. The van der Waals surface area contributed by atoms with Gasteiger partial charge in [0.25, 0.3) is 5.91 Å². The van der Waals surface area contributed by atoms with Gasteiger partial charge in [0.15, 0.2) is 16.7 Å². The number of aromatic nitrogens is 10. The number of ketones is 1. The van der Waals surface area contributed by atoms with Gasteiger partial charge in [-0.2, -0.15) is 10.1 Å². The number of benzene rings is 7. The van der Waals surface area contributed by atoms with E-state index in [4.69, 9.17) is 48.7 Å². The maximum Gasteiger partial charge on any atom is 0.341 e. The number of H-pyrrole nitrogens is 2. The summed E-state index contributed by atoms with van der Waals surface area (Å²) in [5.74, 6) is 4.29. The molecule has 2 unspecified atom stereocenters. The first-order chi connectivity index (χ1) is 63.4. The summed E-state index contributed by atoms with van der Waals surface area (Å²) in [6.45, 7) is 20.1. The molecule has 0 radical (unpaired) electrons. The van der Waals surface area contributed by atoms with Gasteiger partial charge in [-0.05, 0) is 179 Å². The molecule has 9 aromatic heterocycles. The Balaban J connectivity index is 0.000000142. The number of aryl methyl sites for hydroxylation is 5. The summed E-state index contributed by atoms with van der Waals surface area (Å²) in [4.78, 5) is 100.0. The van der Waals surface area contributed by atoms with Gasteiger partial charge in [0.1, 0.15) is 28.5 Å². The van der Waals surface area contributed by atoms with Crippen molar-refractivity contribution in [2.75, 3.05) is 76.1 Å². The van der Waals surface area contributed by atoms with Gasteiger partial charge in [-0.1, -0.05) is 159 Å². The van der Waals surface area contributed by atoms with Crippen molar-refractivity contribution in [3.63, 3.8) is 0 Å². The van der Waals surface area contributed by atoms with Crippen molar-refractivity contribution in [3.05, 3.63) is 301 Å². The minimum absolute atomic E-state index is 0. The van der Waals surface area contributed by atoms with Crippen LogP contribution in [0.2, 0.25) is 0 Å². The number of hydrogen-bond acceptors (Lipinski definition) is 20. The fraction of sp³-hybridized carbons (Fsp3) is 0.257. The van der Waals surface area contributed by atoms with Crippen molar-refractivity contribution in [1.29, 1.82) is 0 Å². The molecule has 16 aromatic rings. The number of pyridine rings is 3. The lowest BCUT2D eigenvalue weighted by atomic mass is 9.98. The van der Waals surface area contributed by atoms with Gasteiger partial charge in [-0.25, -0.2) is 24.4 Å². The molecule has 674 valence electrons. The quantitative estimate of drug-likeness (QED) is 0.0186. The molecule has 0 bridgehead atoms. The first-order valence-corrected chi connectivity index (χ1v) is 46.6. The Kier molecular flexibility index (Phi) is 29.5. The number of carboxylic acids is 1. The fourth-order valence-electron chi connectivity index (χ4n) is 16.5. The van der Waals surface area contributed by atoms with Crippen LogP contribution in [0, 0.1) is 39.0 Å². The third-order valence-corrected chi connectivity index (χ3v) is 27.4. The summed E-state index contributed by atoms with van der Waals surface area (Å²) >= 11 is 16.3. The highest BCUT2D eigenvalue weighted by Gasteiger charge is 2.64. The Morgan fingerprint density at radius 2 is 1.45 bits per heavy atom. The molecule has 131 heavy (non-hydrogen) atoms. The zero-order valence-corrected chi connectivity index (χ0v) is 78.5. The van der Waals surface area contributed by atoms with Crippen LogP contribution in [0.25, 0.3) is 59.8 Å². The molecule has 2 amide bonds. The molecule has 1 saturated heterocycles. The lowest BCUT2D eigenvalue weighted by Crippen LogP contribution is -2.49. The van der Waals surface area contributed by atoms with E-state index in [0.717, 1.165) is 92.1 Å². The Bertz CT molecular complexity index is 6870. The molecule has 3 aliphatic rings. The number of imidazole rings is 1. The van der Waals surface area contributed by atoms with E-state index in [2.05, 4.69) is 193 Å². The van der Waals surface area contributed by atoms with Gasteiger partial charge < -0.3 is 59.2 Å². The average Bonchev–Trinajstić information content (AvgIpc) is 1.51. The van der Waals surface area contributed by atoms with E-state index in [1.165, 1.54) is 89.1 Å². The number of aromatic amines is 2. The second kappa shape index (κ2) is 41.9. The summed E-state index contributed by atoms with van der Waals surface area (Å²) in [6, 6.07) is 65.5. The number of thiophene rings is 2. The number of anilines is 3. The Morgan fingerprint density at radius 1 is 0.733 bits per heavy atom. The molecule has 7 aromatic carbocycles. The minimum Gasteiger partial charge on any atom is -0.497 e. The van der Waals surface area contributed by atoms with Crippen molar-refractivity contribution in [2.24, 2.45) is 11.3 Å². The molecule has 1 aliphatic heterocycles. The third-order valence-electron chi connectivity index (χ3n) is 23.6. The standard InChI is InChI=1S/C25H27N3O2S2.C23H23N5O4S.C20H21N3.C17H17N3O2.C16H14N2OS2.2H2/c1-17-20(21-8-4-5-9-22(21)26-17)12-13-28(16-19-7-6-14-32-19)25(31)27-23-15-18(29-2)10-11-24(23)30-3;1-2-26-14-17(22(31)32)20(30)16-13-24-23(25-21(16)26)28-10-8-27(9-11-28)19(33)12-18(29)15-6-4-3-5-7-15;1-11-9-17(21-15-8-6-5-7-13(11)15)23-16-10-14-19(20(14,3)4)18(16)12(2)22-23;21-16(11-6-12-22-13-7-2-1-3-8-13)20-17-18-14-9-4-5-10-15(14)19-17;1-10-3-5-11(6-4-10)20-14-8-18-9-15-12(14)7-13(21-15)16(19)17-2;;/h4-11,14-15,26H,12-13,16H2,1-3H3,(H,27,31);3-7,13-14H,2,8-12H2,1H3,(H,31,32);5-9,14,19H,10H2,1-4H3;1-5,7-10H,6,11-12H2,(H2,18,19,20,21);3-9H,1-2H3,(H,17,19);2*1H. The van der Waals surface area contributed by atoms with Crippen LogP contribution < -0.4 is 40.5 Å². The van der Waals surface area contributed by atoms with Crippen LogP contribution in [0.5, 0.6) is 17.2 Å². The molecular formula is C101H106N16O9S5. The molecule has 2 aliphatic carbocycles. The van der Waals surface area contributed by atoms with Crippen molar-refractivity contribution < 1.29 is 41.3 Å².